The summed E-state index contributed by atoms with van der Waals surface area (Å²) in [5.74, 6) is 2.17. The number of ether oxygens (including phenoxy) is 2. The van der Waals surface area contributed by atoms with Gasteiger partial charge in [0.2, 0.25) is 0 Å². The zero-order chi connectivity index (χ0) is 17.8. The molecule has 0 aromatic heterocycles. The average Bonchev–Trinajstić information content (AvgIpc) is 3.07. The molecule has 1 aliphatic rings. The minimum absolute atomic E-state index is 0.460. The molecule has 0 radical (unpaired) electrons. The number of hydrogen-bond acceptors (Lipinski definition) is 4. The van der Waals surface area contributed by atoms with Crippen LogP contribution in [0.3, 0.4) is 0 Å². The van der Waals surface area contributed by atoms with E-state index in [-0.39, 0.29) is 0 Å². The second-order valence-electron chi connectivity index (χ2n) is 6.48. The van der Waals surface area contributed by atoms with Gasteiger partial charge in [0, 0.05) is 25.6 Å². The van der Waals surface area contributed by atoms with Crippen LogP contribution >= 0.6 is 11.6 Å². The van der Waals surface area contributed by atoms with Gasteiger partial charge in [-0.1, -0.05) is 48.0 Å². The second-order valence-corrected chi connectivity index (χ2v) is 6.86. The molecule has 1 saturated heterocycles. The summed E-state index contributed by atoms with van der Waals surface area (Å²) < 4.78 is 10.7. The second kappa shape index (κ2) is 8.09. The molecular formula is C20H25ClN2O2. The smallest absolute Gasteiger partial charge is 0.179 e. The third-order valence-electron chi connectivity index (χ3n) is 5.01. The molecule has 134 valence electrons. The van der Waals surface area contributed by atoms with Crippen molar-refractivity contribution in [3.8, 4) is 11.5 Å². The molecular weight excluding hydrogens is 336 g/mol. The van der Waals surface area contributed by atoms with Gasteiger partial charge >= 0.3 is 0 Å². The summed E-state index contributed by atoms with van der Waals surface area (Å²) in [4.78, 5) is 2.42. The van der Waals surface area contributed by atoms with E-state index < -0.39 is 0 Å². The molecule has 0 aliphatic carbocycles. The predicted molar refractivity (Wildman–Crippen MR) is 102 cm³/mol. The fourth-order valence-corrected chi connectivity index (χ4v) is 3.99. The van der Waals surface area contributed by atoms with Crippen LogP contribution in [0.4, 0.5) is 0 Å². The molecule has 0 saturated carbocycles. The molecule has 1 aliphatic heterocycles. The summed E-state index contributed by atoms with van der Waals surface area (Å²) in [5.41, 5.74) is 8.45. The normalized spacial score (nSPS) is 20.6. The van der Waals surface area contributed by atoms with Crippen LogP contribution in [-0.4, -0.2) is 38.8 Å². The Hall–Kier alpha value is -1.75. The number of hydrogen-bond donors (Lipinski definition) is 1. The van der Waals surface area contributed by atoms with Gasteiger partial charge in [0.25, 0.3) is 0 Å². The maximum atomic E-state index is 6.54. The first-order chi connectivity index (χ1) is 12.2. The van der Waals surface area contributed by atoms with Crippen LogP contribution in [0.15, 0.2) is 42.5 Å². The molecule has 3 rings (SSSR count). The summed E-state index contributed by atoms with van der Waals surface area (Å²) >= 11 is 6.54. The van der Waals surface area contributed by atoms with Gasteiger partial charge in [0.05, 0.1) is 19.2 Å². The van der Waals surface area contributed by atoms with Crippen molar-refractivity contribution in [1.29, 1.82) is 0 Å². The quantitative estimate of drug-likeness (QED) is 0.856. The molecule has 4 nitrogen and oxygen atoms in total. The summed E-state index contributed by atoms with van der Waals surface area (Å²) in [6, 6.07) is 14.5. The standard InChI is InChI=1S/C20H25ClN2O2/c1-24-18-9-8-15(19(21)20(18)25-2)11-23-12-16(10-22)17(13-23)14-6-4-3-5-7-14/h3-9,16-17H,10-13,22H2,1-2H3/t16-,17+/m1/s1. The van der Waals surface area contributed by atoms with Gasteiger partial charge in [0.15, 0.2) is 11.5 Å². The molecule has 5 heteroatoms. The zero-order valence-electron chi connectivity index (χ0n) is 14.7. The van der Waals surface area contributed by atoms with E-state index in [0.717, 1.165) is 25.2 Å². The van der Waals surface area contributed by atoms with E-state index in [2.05, 4.69) is 35.2 Å². The Morgan fingerprint density at radius 1 is 1.08 bits per heavy atom. The minimum atomic E-state index is 0.460. The average molecular weight is 361 g/mol. The molecule has 0 bridgehead atoms. The zero-order valence-corrected chi connectivity index (χ0v) is 15.5. The Bertz CT molecular complexity index is 708. The van der Waals surface area contributed by atoms with E-state index in [1.54, 1.807) is 14.2 Å². The number of nitrogens with zero attached hydrogens (tertiary/aromatic N) is 1. The highest BCUT2D eigenvalue weighted by Crippen LogP contribution is 2.39. The largest absolute Gasteiger partial charge is 0.493 e. The lowest BCUT2D eigenvalue weighted by Crippen LogP contribution is -2.23. The summed E-state index contributed by atoms with van der Waals surface area (Å²) in [6.45, 7) is 3.42. The highest BCUT2D eigenvalue weighted by atomic mass is 35.5. The predicted octanol–water partition coefficient (Wildman–Crippen LogP) is 3.53. The third kappa shape index (κ3) is 3.76. The van der Waals surface area contributed by atoms with Gasteiger partial charge in [0.1, 0.15) is 0 Å². The first-order valence-corrected chi connectivity index (χ1v) is 8.92. The first kappa shape index (κ1) is 18.1. The lowest BCUT2D eigenvalue weighted by Gasteiger charge is -2.19. The molecule has 0 amide bonds. The molecule has 2 aromatic rings. The molecule has 2 N–H and O–H groups in total. The number of benzene rings is 2. The van der Waals surface area contributed by atoms with Gasteiger partial charge in [-0.2, -0.15) is 0 Å². The highest BCUT2D eigenvalue weighted by molar-refractivity contribution is 6.33. The first-order valence-electron chi connectivity index (χ1n) is 8.54. The van der Waals surface area contributed by atoms with Crippen molar-refractivity contribution < 1.29 is 9.47 Å². The third-order valence-corrected chi connectivity index (χ3v) is 5.42. The Morgan fingerprint density at radius 2 is 1.84 bits per heavy atom. The number of halogens is 1. The van der Waals surface area contributed by atoms with Crippen LogP contribution in [0.1, 0.15) is 17.0 Å². The van der Waals surface area contributed by atoms with E-state index in [0.29, 0.717) is 34.9 Å². The van der Waals surface area contributed by atoms with Crippen LogP contribution < -0.4 is 15.2 Å². The van der Waals surface area contributed by atoms with Gasteiger partial charge in [-0.25, -0.2) is 0 Å². The van der Waals surface area contributed by atoms with Crippen molar-refractivity contribution in [3.63, 3.8) is 0 Å². The van der Waals surface area contributed by atoms with Crippen LogP contribution in [0.2, 0.25) is 5.02 Å². The molecule has 1 heterocycles. The number of likely N-dealkylation sites (tertiary alicyclic amines) is 1. The van der Waals surface area contributed by atoms with Crippen molar-refractivity contribution in [3.05, 3.63) is 58.6 Å². The molecule has 2 atom stereocenters. The van der Waals surface area contributed by atoms with E-state index in [1.807, 2.05) is 12.1 Å². The van der Waals surface area contributed by atoms with Crippen molar-refractivity contribution in [2.75, 3.05) is 33.9 Å². The highest BCUT2D eigenvalue weighted by Gasteiger charge is 2.33. The van der Waals surface area contributed by atoms with E-state index >= 15 is 0 Å². The lowest BCUT2D eigenvalue weighted by molar-refractivity contribution is 0.314. The van der Waals surface area contributed by atoms with Crippen molar-refractivity contribution in [2.45, 2.75) is 12.5 Å². The van der Waals surface area contributed by atoms with Gasteiger partial charge < -0.3 is 15.2 Å². The molecule has 25 heavy (non-hydrogen) atoms. The number of nitrogens with two attached hydrogens (primary N) is 1. The molecule has 0 spiro atoms. The number of methoxy groups -OCH3 is 2. The van der Waals surface area contributed by atoms with Crippen molar-refractivity contribution in [2.24, 2.45) is 11.7 Å². The van der Waals surface area contributed by atoms with Gasteiger partial charge in [-0.05, 0) is 29.7 Å². The summed E-state index contributed by atoms with van der Waals surface area (Å²) in [5, 5.41) is 0.620. The lowest BCUT2D eigenvalue weighted by atomic mass is 9.89. The fourth-order valence-electron chi connectivity index (χ4n) is 3.70. The molecule has 0 unspecified atom stereocenters. The van der Waals surface area contributed by atoms with Crippen molar-refractivity contribution >= 4 is 11.6 Å². The van der Waals surface area contributed by atoms with Crippen LogP contribution in [0, 0.1) is 5.92 Å². The Morgan fingerprint density at radius 3 is 2.48 bits per heavy atom. The Labute approximate surface area is 154 Å². The van der Waals surface area contributed by atoms with Crippen LogP contribution in [0.25, 0.3) is 0 Å². The van der Waals surface area contributed by atoms with E-state index in [9.17, 15) is 0 Å². The maximum Gasteiger partial charge on any atom is 0.179 e. The van der Waals surface area contributed by atoms with E-state index in [1.165, 1.54) is 5.56 Å². The topological polar surface area (TPSA) is 47.7 Å². The minimum Gasteiger partial charge on any atom is -0.493 e. The molecule has 2 aromatic carbocycles. The van der Waals surface area contributed by atoms with Gasteiger partial charge in [-0.3, -0.25) is 4.90 Å². The van der Waals surface area contributed by atoms with Crippen LogP contribution in [-0.2, 0) is 6.54 Å². The Balaban J connectivity index is 1.78. The summed E-state index contributed by atoms with van der Waals surface area (Å²) in [6.07, 6.45) is 0. The van der Waals surface area contributed by atoms with Crippen molar-refractivity contribution in [1.82, 2.24) is 4.90 Å². The monoisotopic (exact) mass is 360 g/mol. The SMILES string of the molecule is COc1ccc(CN2C[C@@H](CN)[C@H](c3ccccc3)C2)c(Cl)c1OC. The molecule has 1 fully saturated rings. The van der Waals surface area contributed by atoms with Gasteiger partial charge in [-0.15, -0.1) is 0 Å². The summed E-state index contributed by atoms with van der Waals surface area (Å²) in [7, 11) is 3.23. The number of rotatable bonds is 6. The van der Waals surface area contributed by atoms with E-state index in [4.69, 9.17) is 26.8 Å². The fraction of sp³-hybridized carbons (Fsp3) is 0.400. The maximum absolute atomic E-state index is 6.54. The van der Waals surface area contributed by atoms with Crippen LogP contribution in [0.5, 0.6) is 11.5 Å². The Kier molecular flexibility index (Phi) is 5.84.